The number of carbonyl (C=O) groups is 3. The minimum absolute atomic E-state index is 0.544. The van der Waals surface area contributed by atoms with Crippen LogP contribution in [0.25, 0.3) is 0 Å². The van der Waals surface area contributed by atoms with E-state index in [9.17, 15) is 19.5 Å². The second-order valence-electron chi connectivity index (χ2n) is 4.04. The van der Waals surface area contributed by atoms with E-state index in [0.717, 1.165) is 0 Å². The Bertz CT molecular complexity index is 380. The summed E-state index contributed by atoms with van der Waals surface area (Å²) in [4.78, 5) is 32.9. The van der Waals surface area contributed by atoms with E-state index in [2.05, 4.69) is 4.74 Å². The van der Waals surface area contributed by atoms with Gasteiger partial charge in [-0.05, 0) is 0 Å². The zero-order valence-electron chi connectivity index (χ0n) is 11.8. The van der Waals surface area contributed by atoms with Crippen LogP contribution < -0.4 is 0 Å². The highest BCUT2D eigenvalue weighted by atomic mass is 16.9. The number of rotatable bonds is 10. The first-order valence-electron chi connectivity index (χ1n) is 5.63. The summed E-state index contributed by atoms with van der Waals surface area (Å²) in [6.45, 7) is -0.544. The number of aliphatic hydroxyl groups is 1. The van der Waals surface area contributed by atoms with Crippen LogP contribution in [-0.2, 0) is 33.3 Å². The van der Waals surface area contributed by atoms with Gasteiger partial charge in [-0.2, -0.15) is 0 Å². The molecule has 0 aromatic rings. The number of carboxylic acid groups (broad SMARTS) is 2. The first kappa shape index (κ1) is 19.2. The molecule has 0 radical (unpaired) electrons. The maximum absolute atomic E-state index is 11.5. The van der Waals surface area contributed by atoms with Crippen molar-refractivity contribution < 1.29 is 48.7 Å². The highest BCUT2D eigenvalue weighted by Crippen LogP contribution is 2.18. The largest absolute Gasteiger partial charge is 0.481 e. The minimum atomic E-state index is -2.77. The van der Waals surface area contributed by atoms with Gasteiger partial charge in [0.05, 0.1) is 12.8 Å². The Balaban J connectivity index is 4.73. The van der Waals surface area contributed by atoms with Crippen LogP contribution in [0.5, 0.6) is 0 Å². The molecule has 10 nitrogen and oxygen atoms in total. The number of methoxy groups -OCH3 is 3. The van der Waals surface area contributed by atoms with Crippen LogP contribution in [0, 0.1) is 0 Å². The van der Waals surface area contributed by atoms with Gasteiger partial charge >= 0.3 is 23.9 Å². The van der Waals surface area contributed by atoms with E-state index in [0.29, 0.717) is 0 Å². The quantitative estimate of drug-likeness (QED) is 0.332. The SMILES string of the molecule is COC(COC(=O)CC(O)(CC(=O)O)C(=O)O)(OC)OC. The molecule has 0 aromatic carbocycles. The van der Waals surface area contributed by atoms with Gasteiger partial charge in [0.25, 0.3) is 0 Å². The van der Waals surface area contributed by atoms with Crippen molar-refractivity contribution in [2.24, 2.45) is 0 Å². The van der Waals surface area contributed by atoms with Crippen LogP contribution in [0.4, 0.5) is 0 Å². The molecule has 0 amide bonds. The molecule has 0 aromatic heterocycles. The van der Waals surface area contributed by atoms with Gasteiger partial charge in [-0.15, -0.1) is 0 Å². The molecule has 0 aliphatic carbocycles. The van der Waals surface area contributed by atoms with E-state index >= 15 is 0 Å². The number of aliphatic carboxylic acids is 2. The lowest BCUT2D eigenvalue weighted by Crippen LogP contribution is -2.45. The Morgan fingerprint density at radius 3 is 1.76 bits per heavy atom. The fourth-order valence-electron chi connectivity index (χ4n) is 1.35. The molecule has 0 saturated heterocycles. The van der Waals surface area contributed by atoms with Crippen LogP contribution in [0.3, 0.4) is 0 Å². The van der Waals surface area contributed by atoms with Gasteiger partial charge in [0.1, 0.15) is 0 Å². The molecule has 0 saturated carbocycles. The number of hydrogen-bond donors (Lipinski definition) is 3. The molecule has 0 bridgehead atoms. The van der Waals surface area contributed by atoms with Gasteiger partial charge in [-0.25, -0.2) is 4.79 Å². The Morgan fingerprint density at radius 1 is 0.952 bits per heavy atom. The summed E-state index contributed by atoms with van der Waals surface area (Å²) >= 11 is 0. The van der Waals surface area contributed by atoms with E-state index in [-0.39, 0.29) is 0 Å². The average Bonchev–Trinajstić information content (AvgIpc) is 2.39. The van der Waals surface area contributed by atoms with Gasteiger partial charge in [-0.1, -0.05) is 0 Å². The maximum Gasteiger partial charge on any atom is 0.336 e. The van der Waals surface area contributed by atoms with Gasteiger partial charge < -0.3 is 34.3 Å². The lowest BCUT2D eigenvalue weighted by atomic mass is 9.96. The number of carboxylic acids is 2. The Morgan fingerprint density at radius 2 is 1.43 bits per heavy atom. The lowest BCUT2D eigenvalue weighted by molar-refractivity contribution is -0.364. The van der Waals surface area contributed by atoms with Gasteiger partial charge in [0.15, 0.2) is 12.2 Å². The Kier molecular flexibility index (Phi) is 7.22. The zero-order valence-corrected chi connectivity index (χ0v) is 11.8. The molecular formula is C11H18O10. The molecule has 0 heterocycles. The smallest absolute Gasteiger partial charge is 0.336 e. The molecule has 0 aliphatic rings. The van der Waals surface area contributed by atoms with Crippen molar-refractivity contribution in [1.29, 1.82) is 0 Å². The molecule has 1 atom stereocenters. The fourth-order valence-corrected chi connectivity index (χ4v) is 1.35. The van der Waals surface area contributed by atoms with Crippen LogP contribution in [-0.4, -0.2) is 72.7 Å². The number of hydrogen-bond acceptors (Lipinski definition) is 8. The minimum Gasteiger partial charge on any atom is -0.481 e. The van der Waals surface area contributed by atoms with Crippen molar-refractivity contribution in [3.63, 3.8) is 0 Å². The van der Waals surface area contributed by atoms with Gasteiger partial charge in [-0.3, -0.25) is 9.59 Å². The number of carbonyl (C=O) groups excluding carboxylic acids is 1. The van der Waals surface area contributed by atoms with E-state index in [1.54, 1.807) is 0 Å². The predicted octanol–water partition coefficient (Wildman–Crippen LogP) is -1.20. The van der Waals surface area contributed by atoms with Crippen molar-refractivity contribution in [2.45, 2.75) is 24.4 Å². The molecule has 0 fully saturated rings. The van der Waals surface area contributed by atoms with Gasteiger partial charge in [0.2, 0.25) is 0 Å². The van der Waals surface area contributed by atoms with Crippen LogP contribution in [0.2, 0.25) is 0 Å². The fraction of sp³-hybridized carbons (Fsp3) is 0.727. The summed E-state index contributed by atoms with van der Waals surface area (Å²) in [6.07, 6.45) is -2.21. The maximum atomic E-state index is 11.5. The third kappa shape index (κ3) is 5.63. The van der Waals surface area contributed by atoms with E-state index in [1.165, 1.54) is 21.3 Å². The molecular weight excluding hydrogens is 292 g/mol. The van der Waals surface area contributed by atoms with Crippen molar-refractivity contribution in [2.75, 3.05) is 27.9 Å². The molecule has 0 rings (SSSR count). The Labute approximate surface area is 120 Å². The van der Waals surface area contributed by atoms with Crippen molar-refractivity contribution in [3.8, 4) is 0 Å². The first-order chi connectivity index (χ1) is 9.64. The molecule has 0 aliphatic heterocycles. The van der Waals surface area contributed by atoms with Gasteiger partial charge in [0, 0.05) is 21.3 Å². The standard InChI is InChI=1S/C11H18O10/c1-18-11(19-2,20-3)6-21-8(14)5-10(17,9(15)16)4-7(12)13/h17H,4-6H2,1-3H3,(H,12,13)(H,15,16). The topological polar surface area (TPSA) is 149 Å². The third-order valence-corrected chi connectivity index (χ3v) is 2.62. The summed E-state index contributed by atoms with van der Waals surface area (Å²) < 4.78 is 19.2. The molecule has 0 spiro atoms. The lowest BCUT2D eigenvalue weighted by Gasteiger charge is -2.28. The van der Waals surface area contributed by atoms with E-state index in [4.69, 9.17) is 24.4 Å². The molecule has 122 valence electrons. The average molecular weight is 310 g/mol. The summed E-state index contributed by atoms with van der Waals surface area (Å²) in [6, 6.07) is 0. The normalized spacial score (nSPS) is 14.3. The van der Waals surface area contributed by atoms with Crippen LogP contribution in [0.15, 0.2) is 0 Å². The summed E-state index contributed by atoms with van der Waals surface area (Å²) in [5, 5.41) is 27.0. The van der Waals surface area contributed by atoms with Crippen molar-refractivity contribution >= 4 is 17.9 Å². The highest BCUT2D eigenvalue weighted by Gasteiger charge is 2.42. The molecule has 21 heavy (non-hydrogen) atoms. The zero-order chi connectivity index (χ0) is 16.7. The second kappa shape index (κ2) is 7.88. The highest BCUT2D eigenvalue weighted by molar-refractivity contribution is 5.88. The third-order valence-electron chi connectivity index (χ3n) is 2.62. The summed E-state index contributed by atoms with van der Waals surface area (Å²) in [7, 11) is 3.66. The summed E-state index contributed by atoms with van der Waals surface area (Å²) in [5.41, 5.74) is -2.77. The predicted molar refractivity (Wildman–Crippen MR) is 64.2 cm³/mol. The van der Waals surface area contributed by atoms with E-state index in [1.807, 2.05) is 0 Å². The summed E-state index contributed by atoms with van der Waals surface area (Å²) in [5.74, 6) is -6.26. The van der Waals surface area contributed by atoms with Crippen LogP contribution >= 0.6 is 0 Å². The molecule has 3 N–H and O–H groups in total. The van der Waals surface area contributed by atoms with Crippen LogP contribution in [0.1, 0.15) is 12.8 Å². The van der Waals surface area contributed by atoms with Crippen molar-refractivity contribution in [1.82, 2.24) is 0 Å². The Hall–Kier alpha value is -1.75. The molecule has 1 unspecified atom stereocenters. The number of ether oxygens (including phenoxy) is 4. The number of esters is 1. The molecule has 10 heteroatoms. The first-order valence-corrected chi connectivity index (χ1v) is 5.63. The van der Waals surface area contributed by atoms with E-state index < -0.39 is 48.9 Å². The van der Waals surface area contributed by atoms with Crippen molar-refractivity contribution in [3.05, 3.63) is 0 Å². The monoisotopic (exact) mass is 310 g/mol. The second-order valence-corrected chi connectivity index (χ2v) is 4.04.